The number of carbonyl (C=O) groups is 2. The molecule has 4 heteroatoms. The highest BCUT2D eigenvalue weighted by Gasteiger charge is 2.24. The van der Waals surface area contributed by atoms with Crippen LogP contribution in [0, 0.1) is 5.92 Å². The van der Waals surface area contributed by atoms with Gasteiger partial charge < -0.3 is 10.1 Å². The Labute approximate surface area is 109 Å². The third-order valence-corrected chi connectivity index (χ3v) is 3.64. The molecule has 1 amide bonds. The van der Waals surface area contributed by atoms with E-state index in [0.29, 0.717) is 18.6 Å². The van der Waals surface area contributed by atoms with Crippen LogP contribution < -0.4 is 5.32 Å². The molecule has 0 aromatic heterocycles. The molecule has 0 saturated heterocycles. The Morgan fingerprint density at radius 3 is 2.56 bits per heavy atom. The summed E-state index contributed by atoms with van der Waals surface area (Å²) >= 11 is 0. The quantitative estimate of drug-likeness (QED) is 0.742. The van der Waals surface area contributed by atoms with Crippen LogP contribution in [0.2, 0.25) is 0 Å². The number of carbonyl (C=O) groups excluding carboxylic acids is 2. The summed E-state index contributed by atoms with van der Waals surface area (Å²) in [6.45, 7) is 4.32. The van der Waals surface area contributed by atoms with Crippen molar-refractivity contribution in [1.29, 1.82) is 0 Å². The largest absolute Gasteiger partial charge is 0.466 e. The third-order valence-electron chi connectivity index (χ3n) is 3.64. The zero-order chi connectivity index (χ0) is 13.4. The summed E-state index contributed by atoms with van der Waals surface area (Å²) in [6, 6.07) is 0.304. The topological polar surface area (TPSA) is 55.4 Å². The molecule has 1 N–H and O–H groups in total. The lowest BCUT2D eigenvalue weighted by Gasteiger charge is -2.31. The molecule has 18 heavy (non-hydrogen) atoms. The monoisotopic (exact) mass is 255 g/mol. The lowest BCUT2D eigenvalue weighted by atomic mass is 9.83. The zero-order valence-electron chi connectivity index (χ0n) is 11.5. The van der Waals surface area contributed by atoms with Gasteiger partial charge in [0.15, 0.2) is 0 Å². The Balaban J connectivity index is 2.27. The number of esters is 1. The van der Waals surface area contributed by atoms with E-state index in [1.807, 2.05) is 0 Å². The maximum Gasteiger partial charge on any atom is 0.306 e. The molecule has 104 valence electrons. The molecular weight excluding hydrogens is 230 g/mol. The maximum absolute atomic E-state index is 11.8. The van der Waals surface area contributed by atoms with Gasteiger partial charge in [-0.15, -0.1) is 0 Å². The summed E-state index contributed by atoms with van der Waals surface area (Å²) < 4.78 is 4.81. The number of amides is 1. The van der Waals surface area contributed by atoms with Gasteiger partial charge in [-0.25, -0.2) is 0 Å². The Kier molecular flexibility index (Phi) is 6.76. The number of hydrogen-bond donors (Lipinski definition) is 1. The molecule has 2 atom stereocenters. The van der Waals surface area contributed by atoms with Crippen LogP contribution in [-0.4, -0.2) is 24.5 Å². The fourth-order valence-corrected chi connectivity index (χ4v) is 2.61. The van der Waals surface area contributed by atoms with Crippen molar-refractivity contribution in [1.82, 2.24) is 5.32 Å². The molecule has 0 spiro atoms. The SMILES string of the molecule is CCOC(=O)CCC(=O)NC1CCCCC1CC. The zero-order valence-corrected chi connectivity index (χ0v) is 11.5. The van der Waals surface area contributed by atoms with E-state index in [1.54, 1.807) is 6.92 Å². The van der Waals surface area contributed by atoms with Crippen LogP contribution in [0.15, 0.2) is 0 Å². The number of ether oxygens (including phenoxy) is 1. The van der Waals surface area contributed by atoms with Gasteiger partial charge in [-0.05, 0) is 25.7 Å². The van der Waals surface area contributed by atoms with Crippen molar-refractivity contribution in [3.63, 3.8) is 0 Å². The Morgan fingerprint density at radius 1 is 1.17 bits per heavy atom. The molecule has 0 bridgehead atoms. The van der Waals surface area contributed by atoms with E-state index in [0.717, 1.165) is 12.8 Å². The van der Waals surface area contributed by atoms with Crippen LogP contribution in [0.25, 0.3) is 0 Å². The molecule has 0 aromatic carbocycles. The van der Waals surface area contributed by atoms with Crippen LogP contribution in [-0.2, 0) is 14.3 Å². The number of rotatable bonds is 6. The molecule has 2 unspecified atom stereocenters. The highest BCUT2D eigenvalue weighted by Crippen LogP contribution is 2.26. The molecule has 1 fully saturated rings. The summed E-state index contributed by atoms with van der Waals surface area (Å²) in [4.78, 5) is 22.9. The average molecular weight is 255 g/mol. The maximum atomic E-state index is 11.8. The van der Waals surface area contributed by atoms with Gasteiger partial charge in [0.1, 0.15) is 0 Å². The van der Waals surface area contributed by atoms with Crippen molar-refractivity contribution >= 4 is 11.9 Å². The van der Waals surface area contributed by atoms with E-state index >= 15 is 0 Å². The fourth-order valence-electron chi connectivity index (χ4n) is 2.61. The highest BCUT2D eigenvalue weighted by atomic mass is 16.5. The van der Waals surface area contributed by atoms with Crippen molar-refractivity contribution in [2.75, 3.05) is 6.61 Å². The van der Waals surface area contributed by atoms with E-state index in [-0.39, 0.29) is 24.7 Å². The normalized spacial score (nSPS) is 23.4. The van der Waals surface area contributed by atoms with Crippen LogP contribution >= 0.6 is 0 Å². The lowest BCUT2D eigenvalue weighted by molar-refractivity contribution is -0.144. The van der Waals surface area contributed by atoms with E-state index < -0.39 is 0 Å². The fraction of sp³-hybridized carbons (Fsp3) is 0.857. The van der Waals surface area contributed by atoms with E-state index in [4.69, 9.17) is 4.74 Å². The predicted molar refractivity (Wildman–Crippen MR) is 70.0 cm³/mol. The van der Waals surface area contributed by atoms with Crippen LogP contribution in [0.5, 0.6) is 0 Å². The summed E-state index contributed by atoms with van der Waals surface area (Å²) in [6.07, 6.45) is 6.29. The first kappa shape index (κ1) is 15.0. The minimum Gasteiger partial charge on any atom is -0.466 e. The summed E-state index contributed by atoms with van der Waals surface area (Å²) in [5, 5.41) is 3.07. The molecular formula is C14H25NO3. The van der Waals surface area contributed by atoms with E-state index in [9.17, 15) is 9.59 Å². The molecule has 0 aromatic rings. The van der Waals surface area contributed by atoms with Crippen LogP contribution in [0.1, 0.15) is 58.8 Å². The van der Waals surface area contributed by atoms with Gasteiger partial charge in [-0.3, -0.25) is 9.59 Å². The molecule has 0 heterocycles. The molecule has 1 aliphatic carbocycles. The molecule has 1 saturated carbocycles. The van der Waals surface area contributed by atoms with Crippen LogP contribution in [0.4, 0.5) is 0 Å². The van der Waals surface area contributed by atoms with Gasteiger partial charge in [0, 0.05) is 12.5 Å². The summed E-state index contributed by atoms with van der Waals surface area (Å²) in [5.41, 5.74) is 0. The predicted octanol–water partition coefficient (Wildman–Crippen LogP) is 2.41. The van der Waals surface area contributed by atoms with Gasteiger partial charge >= 0.3 is 5.97 Å². The first-order valence-electron chi connectivity index (χ1n) is 7.12. The Hall–Kier alpha value is -1.06. The Morgan fingerprint density at radius 2 is 1.89 bits per heavy atom. The molecule has 1 rings (SSSR count). The second-order valence-electron chi connectivity index (χ2n) is 4.93. The summed E-state index contributed by atoms with van der Waals surface area (Å²) in [5.74, 6) is 0.294. The van der Waals surface area contributed by atoms with Crippen molar-refractivity contribution in [2.45, 2.75) is 64.8 Å². The number of hydrogen-bond acceptors (Lipinski definition) is 3. The molecule has 0 radical (unpaired) electrons. The van der Waals surface area contributed by atoms with Gasteiger partial charge in [-0.1, -0.05) is 26.2 Å². The van der Waals surface area contributed by atoms with Gasteiger partial charge in [0.25, 0.3) is 0 Å². The number of nitrogens with one attached hydrogen (secondary N) is 1. The standard InChI is InChI=1S/C14H25NO3/c1-3-11-7-5-6-8-12(11)15-13(16)9-10-14(17)18-4-2/h11-12H,3-10H2,1-2H3,(H,15,16). The first-order chi connectivity index (χ1) is 8.67. The van der Waals surface area contributed by atoms with Crippen molar-refractivity contribution in [3.05, 3.63) is 0 Å². The second kappa shape index (κ2) is 8.11. The Bertz CT molecular complexity index is 278. The van der Waals surface area contributed by atoms with Crippen molar-refractivity contribution < 1.29 is 14.3 Å². The molecule has 4 nitrogen and oxygen atoms in total. The van der Waals surface area contributed by atoms with Crippen LogP contribution in [0.3, 0.4) is 0 Å². The summed E-state index contributed by atoms with van der Waals surface area (Å²) in [7, 11) is 0. The van der Waals surface area contributed by atoms with Crippen molar-refractivity contribution in [3.8, 4) is 0 Å². The molecule has 1 aliphatic rings. The van der Waals surface area contributed by atoms with E-state index in [2.05, 4.69) is 12.2 Å². The van der Waals surface area contributed by atoms with Gasteiger partial charge in [0.05, 0.1) is 13.0 Å². The highest BCUT2D eigenvalue weighted by molar-refractivity contribution is 5.81. The minimum atomic E-state index is -0.289. The minimum absolute atomic E-state index is 0.0200. The average Bonchev–Trinajstić information content (AvgIpc) is 2.37. The van der Waals surface area contributed by atoms with Crippen molar-refractivity contribution in [2.24, 2.45) is 5.92 Å². The smallest absolute Gasteiger partial charge is 0.306 e. The first-order valence-corrected chi connectivity index (χ1v) is 7.12. The third kappa shape index (κ3) is 5.07. The molecule has 0 aliphatic heterocycles. The van der Waals surface area contributed by atoms with Gasteiger partial charge in [0.2, 0.25) is 5.91 Å². The lowest BCUT2D eigenvalue weighted by Crippen LogP contribution is -2.42. The van der Waals surface area contributed by atoms with Gasteiger partial charge in [-0.2, -0.15) is 0 Å². The van der Waals surface area contributed by atoms with E-state index in [1.165, 1.54) is 19.3 Å². The second-order valence-corrected chi connectivity index (χ2v) is 4.93.